The van der Waals surface area contributed by atoms with E-state index in [1.165, 1.54) is 0 Å². The van der Waals surface area contributed by atoms with E-state index in [2.05, 4.69) is 6.07 Å². The van der Waals surface area contributed by atoms with Crippen LogP contribution in [0.25, 0.3) is 0 Å². The molecule has 1 N–H and O–H groups in total. The normalized spacial score (nSPS) is 16.4. The van der Waals surface area contributed by atoms with Crippen LogP contribution < -0.4 is 0 Å². The Labute approximate surface area is 123 Å². The van der Waals surface area contributed by atoms with Gasteiger partial charge in [0.15, 0.2) is 0 Å². The van der Waals surface area contributed by atoms with Crippen LogP contribution in [-0.4, -0.2) is 16.7 Å². The van der Waals surface area contributed by atoms with E-state index in [1.807, 2.05) is 19.9 Å². The molecule has 2 aromatic carbocycles. The first-order chi connectivity index (χ1) is 9.96. The van der Waals surface area contributed by atoms with Gasteiger partial charge in [0.1, 0.15) is 0 Å². The molecule has 2 aromatic rings. The highest BCUT2D eigenvalue weighted by atomic mass is 16.3. The van der Waals surface area contributed by atoms with Gasteiger partial charge in [0, 0.05) is 16.7 Å². The van der Waals surface area contributed by atoms with Crippen molar-refractivity contribution in [2.45, 2.75) is 25.4 Å². The smallest absolute Gasteiger partial charge is 0.217 e. The van der Waals surface area contributed by atoms with E-state index >= 15 is 0 Å². The molecule has 3 rings (SSSR count). The Bertz CT molecular complexity index is 691. The zero-order valence-electron chi connectivity index (χ0n) is 11.9. The maximum atomic E-state index is 12.5. The summed E-state index contributed by atoms with van der Waals surface area (Å²) < 4.78 is 0. The average molecular weight is 279 g/mol. The fourth-order valence-electron chi connectivity index (χ4n) is 2.64. The minimum atomic E-state index is -2.14. The molecule has 0 aliphatic heterocycles. The Balaban J connectivity index is 2.10. The molecule has 105 valence electrons. The van der Waals surface area contributed by atoms with Crippen LogP contribution in [0.1, 0.15) is 51.6 Å². The summed E-state index contributed by atoms with van der Waals surface area (Å²) in [5, 5.41) is 10.7. The Hall–Kier alpha value is -2.26. The van der Waals surface area contributed by atoms with Gasteiger partial charge in [-0.15, -0.1) is 0 Å². The van der Waals surface area contributed by atoms with Crippen LogP contribution in [-0.2, 0) is 5.60 Å². The number of carbonyl (C=O) groups excluding carboxylic acids is 2. The Morgan fingerprint density at radius 2 is 1.57 bits per heavy atom. The van der Waals surface area contributed by atoms with Crippen LogP contribution in [0.2, 0.25) is 0 Å². The average Bonchev–Trinajstić information content (AvgIpc) is 2.71. The summed E-state index contributed by atoms with van der Waals surface area (Å²) in [7, 11) is 0. The predicted molar refractivity (Wildman–Crippen MR) is 78.4 cm³/mol. The molecule has 3 heteroatoms. The van der Waals surface area contributed by atoms with Crippen molar-refractivity contribution in [1.29, 1.82) is 0 Å². The number of hydrogen-bond donors (Lipinski definition) is 1. The van der Waals surface area contributed by atoms with E-state index in [4.69, 9.17) is 0 Å². The lowest BCUT2D eigenvalue weighted by atomic mass is 9.87. The van der Waals surface area contributed by atoms with E-state index in [9.17, 15) is 14.7 Å². The quantitative estimate of drug-likeness (QED) is 0.860. The zero-order chi connectivity index (χ0) is 15.2. The van der Waals surface area contributed by atoms with Gasteiger partial charge in [-0.3, -0.25) is 9.59 Å². The molecule has 0 saturated heterocycles. The molecule has 0 spiro atoms. The molecule has 0 saturated carbocycles. The Kier molecular flexibility index (Phi) is 3.03. The van der Waals surface area contributed by atoms with Gasteiger partial charge in [-0.05, 0) is 17.5 Å². The summed E-state index contributed by atoms with van der Waals surface area (Å²) in [5.41, 5.74) is -0.354. The number of benzene rings is 2. The summed E-state index contributed by atoms with van der Waals surface area (Å²) in [6, 6.07) is 14.5. The monoisotopic (exact) mass is 279 g/mol. The number of ketones is 2. The number of hydrogen-bond acceptors (Lipinski definition) is 3. The van der Waals surface area contributed by atoms with Crippen LogP contribution in [0.3, 0.4) is 0 Å². The largest absolute Gasteiger partial charge is 0.370 e. The van der Waals surface area contributed by atoms with Crippen LogP contribution in [0, 0.1) is 6.07 Å². The van der Waals surface area contributed by atoms with Crippen LogP contribution in [0.15, 0.2) is 42.5 Å². The van der Waals surface area contributed by atoms with Gasteiger partial charge in [-0.1, -0.05) is 56.3 Å². The first kappa shape index (κ1) is 13.7. The number of aliphatic hydroxyl groups is 1. The fraction of sp³-hybridized carbons (Fsp3) is 0.222. The fourth-order valence-corrected chi connectivity index (χ4v) is 2.64. The van der Waals surface area contributed by atoms with Gasteiger partial charge in [0.2, 0.25) is 17.2 Å². The highest BCUT2D eigenvalue weighted by molar-refractivity contribution is 6.31. The summed E-state index contributed by atoms with van der Waals surface area (Å²) >= 11 is 0. The SMILES string of the molecule is CC(C)c1c[c]c(C2(O)C(=O)c3ccccc3C2=O)cc1. The summed E-state index contributed by atoms with van der Waals surface area (Å²) in [6.07, 6.45) is 0. The molecule has 0 atom stereocenters. The number of fused-ring (bicyclic) bond motifs is 1. The van der Waals surface area contributed by atoms with Gasteiger partial charge in [0.25, 0.3) is 0 Å². The molecule has 1 aliphatic rings. The van der Waals surface area contributed by atoms with Gasteiger partial charge in [-0.2, -0.15) is 0 Å². The minimum absolute atomic E-state index is 0.207. The van der Waals surface area contributed by atoms with E-state index in [-0.39, 0.29) is 16.7 Å². The van der Waals surface area contributed by atoms with Crippen molar-refractivity contribution >= 4 is 11.6 Å². The van der Waals surface area contributed by atoms with Crippen LogP contribution >= 0.6 is 0 Å². The highest BCUT2D eigenvalue weighted by Gasteiger charge is 2.53. The second kappa shape index (κ2) is 4.64. The molecule has 3 nitrogen and oxygen atoms in total. The maximum absolute atomic E-state index is 12.5. The third-order valence-electron chi connectivity index (χ3n) is 3.97. The van der Waals surface area contributed by atoms with E-state index in [1.54, 1.807) is 36.4 Å². The van der Waals surface area contributed by atoms with Crippen molar-refractivity contribution < 1.29 is 14.7 Å². The minimum Gasteiger partial charge on any atom is -0.370 e. The lowest BCUT2D eigenvalue weighted by molar-refractivity contribution is 0.0320. The van der Waals surface area contributed by atoms with Gasteiger partial charge in [0.05, 0.1) is 0 Å². The molecule has 0 amide bonds. The lowest BCUT2D eigenvalue weighted by Gasteiger charge is -2.19. The number of rotatable bonds is 2. The van der Waals surface area contributed by atoms with Crippen molar-refractivity contribution in [1.82, 2.24) is 0 Å². The van der Waals surface area contributed by atoms with Crippen LogP contribution in [0.5, 0.6) is 0 Å². The molecular formula is C18H15O3. The first-order valence-corrected chi connectivity index (χ1v) is 6.89. The van der Waals surface area contributed by atoms with Crippen molar-refractivity contribution in [3.8, 4) is 0 Å². The number of Topliss-reactive ketones (excluding diaryl/α,β-unsaturated/α-hetero) is 2. The van der Waals surface area contributed by atoms with Crippen molar-refractivity contribution in [2.24, 2.45) is 0 Å². The molecule has 0 aromatic heterocycles. The molecule has 1 radical (unpaired) electrons. The topological polar surface area (TPSA) is 54.4 Å². The van der Waals surface area contributed by atoms with Gasteiger partial charge < -0.3 is 5.11 Å². The molecular weight excluding hydrogens is 264 g/mol. The summed E-state index contributed by atoms with van der Waals surface area (Å²) in [5.74, 6) is -0.828. The molecule has 21 heavy (non-hydrogen) atoms. The third kappa shape index (κ3) is 1.85. The highest BCUT2D eigenvalue weighted by Crippen LogP contribution is 2.37. The van der Waals surface area contributed by atoms with E-state index in [0.717, 1.165) is 5.56 Å². The first-order valence-electron chi connectivity index (χ1n) is 6.89. The molecule has 0 heterocycles. The molecule has 1 aliphatic carbocycles. The second-order valence-electron chi connectivity index (χ2n) is 5.60. The molecule has 0 bridgehead atoms. The molecule has 0 unspecified atom stereocenters. The Morgan fingerprint density at radius 3 is 2.00 bits per heavy atom. The van der Waals surface area contributed by atoms with E-state index in [0.29, 0.717) is 5.92 Å². The number of carbonyl (C=O) groups is 2. The van der Waals surface area contributed by atoms with Gasteiger partial charge >= 0.3 is 0 Å². The second-order valence-corrected chi connectivity index (χ2v) is 5.60. The maximum Gasteiger partial charge on any atom is 0.217 e. The van der Waals surface area contributed by atoms with Crippen LogP contribution in [0.4, 0.5) is 0 Å². The molecule has 0 fully saturated rings. The third-order valence-corrected chi connectivity index (χ3v) is 3.97. The lowest BCUT2D eigenvalue weighted by Crippen LogP contribution is -2.38. The van der Waals surface area contributed by atoms with Crippen molar-refractivity contribution in [2.75, 3.05) is 0 Å². The van der Waals surface area contributed by atoms with Crippen molar-refractivity contribution in [3.63, 3.8) is 0 Å². The summed E-state index contributed by atoms with van der Waals surface area (Å²) in [4.78, 5) is 24.9. The van der Waals surface area contributed by atoms with Gasteiger partial charge in [-0.25, -0.2) is 0 Å². The van der Waals surface area contributed by atoms with Crippen molar-refractivity contribution in [3.05, 3.63) is 70.8 Å². The predicted octanol–water partition coefficient (Wildman–Crippen LogP) is 2.88. The van der Waals surface area contributed by atoms with E-state index < -0.39 is 17.2 Å². The summed E-state index contributed by atoms with van der Waals surface area (Å²) in [6.45, 7) is 4.08. The zero-order valence-corrected chi connectivity index (χ0v) is 11.9. The Morgan fingerprint density at radius 1 is 1.00 bits per heavy atom. The standard InChI is InChI=1S/C18H15O3/c1-11(2)12-7-9-13(10-8-12)18(21)16(19)14-5-3-4-6-15(14)17(18)20/h3-9,11,21H,1-2H3.